The zero-order valence-corrected chi connectivity index (χ0v) is 9.94. The van der Waals surface area contributed by atoms with Gasteiger partial charge in [0.15, 0.2) is 0 Å². The van der Waals surface area contributed by atoms with Crippen LogP contribution in [-0.4, -0.2) is 4.57 Å². The molecule has 0 amide bonds. The van der Waals surface area contributed by atoms with Gasteiger partial charge in [-0.25, -0.2) is 0 Å². The Kier molecular flexibility index (Phi) is 2.21. The average Bonchev–Trinajstić information content (AvgIpc) is 3.09. The summed E-state index contributed by atoms with van der Waals surface area (Å²) in [6.45, 7) is 2.87. The smallest absolute Gasteiger partial charge is 0.258 e. The lowest BCUT2D eigenvalue weighted by atomic mass is 10.1. The molecule has 88 valence electrons. The van der Waals surface area contributed by atoms with Crippen LogP contribution in [0.4, 0.5) is 5.69 Å². The average molecular weight is 228 g/mol. The maximum absolute atomic E-state index is 12.3. The predicted octanol–water partition coefficient (Wildman–Crippen LogP) is 2.30. The summed E-state index contributed by atoms with van der Waals surface area (Å²) in [5.41, 5.74) is 7.80. The summed E-state index contributed by atoms with van der Waals surface area (Å²) in [6.07, 6.45) is 4.44. The fraction of sp³-hybridized carbons (Fsp3) is 0.357. The van der Waals surface area contributed by atoms with Crippen LogP contribution in [0.5, 0.6) is 0 Å². The van der Waals surface area contributed by atoms with Crippen LogP contribution in [0.3, 0.4) is 0 Å². The Morgan fingerprint density at radius 2 is 2.18 bits per heavy atom. The molecule has 1 aliphatic carbocycles. The molecule has 0 unspecified atom stereocenters. The van der Waals surface area contributed by atoms with Crippen LogP contribution in [0, 0.1) is 12.8 Å². The molecular formula is C14H16N2O. The van der Waals surface area contributed by atoms with Crippen molar-refractivity contribution in [3.63, 3.8) is 0 Å². The fourth-order valence-corrected chi connectivity index (χ4v) is 2.41. The van der Waals surface area contributed by atoms with E-state index in [2.05, 4.69) is 0 Å². The third kappa shape index (κ3) is 1.71. The number of nitrogens with zero attached hydrogens (tertiary/aromatic N) is 1. The van der Waals surface area contributed by atoms with Crippen LogP contribution in [0.1, 0.15) is 18.4 Å². The van der Waals surface area contributed by atoms with Crippen molar-refractivity contribution in [1.29, 1.82) is 0 Å². The minimum absolute atomic E-state index is 0.0878. The number of aryl methyl sites for hydroxylation is 1. The number of nitrogen functional groups attached to an aromatic ring is 1. The quantitative estimate of drug-likeness (QED) is 0.802. The highest BCUT2D eigenvalue weighted by Crippen LogP contribution is 2.30. The molecule has 0 aliphatic heterocycles. The normalized spacial score (nSPS) is 15.4. The van der Waals surface area contributed by atoms with E-state index in [1.807, 2.05) is 35.9 Å². The molecule has 1 aliphatic rings. The number of pyridine rings is 1. The molecule has 3 heteroatoms. The number of aromatic nitrogens is 1. The van der Waals surface area contributed by atoms with E-state index in [-0.39, 0.29) is 5.56 Å². The van der Waals surface area contributed by atoms with Crippen molar-refractivity contribution in [2.24, 2.45) is 5.92 Å². The monoisotopic (exact) mass is 228 g/mol. The highest BCUT2D eigenvalue weighted by Gasteiger charge is 2.22. The van der Waals surface area contributed by atoms with Gasteiger partial charge in [-0.05, 0) is 43.4 Å². The predicted molar refractivity (Wildman–Crippen MR) is 70.1 cm³/mol. The van der Waals surface area contributed by atoms with Crippen molar-refractivity contribution in [3.05, 3.63) is 40.3 Å². The minimum atomic E-state index is 0.0878. The zero-order valence-electron chi connectivity index (χ0n) is 9.94. The van der Waals surface area contributed by atoms with Crippen molar-refractivity contribution < 1.29 is 0 Å². The number of rotatable bonds is 2. The second kappa shape index (κ2) is 3.62. The first-order valence-electron chi connectivity index (χ1n) is 6.05. The Labute approximate surface area is 99.9 Å². The van der Waals surface area contributed by atoms with Crippen LogP contribution in [0.25, 0.3) is 10.8 Å². The van der Waals surface area contributed by atoms with E-state index >= 15 is 0 Å². The number of anilines is 1. The maximum atomic E-state index is 12.3. The van der Waals surface area contributed by atoms with Gasteiger partial charge in [-0.15, -0.1) is 0 Å². The third-order valence-corrected chi connectivity index (χ3v) is 3.48. The van der Waals surface area contributed by atoms with Gasteiger partial charge in [0.05, 0.1) is 0 Å². The van der Waals surface area contributed by atoms with Gasteiger partial charge >= 0.3 is 0 Å². The van der Waals surface area contributed by atoms with Crippen molar-refractivity contribution in [3.8, 4) is 0 Å². The Balaban J connectivity index is 2.27. The molecule has 0 saturated heterocycles. The number of hydrogen-bond donors (Lipinski definition) is 1. The maximum Gasteiger partial charge on any atom is 0.258 e. The number of nitrogens with two attached hydrogens (primary N) is 1. The molecule has 17 heavy (non-hydrogen) atoms. The molecule has 3 rings (SSSR count). The van der Waals surface area contributed by atoms with Crippen LogP contribution in [0.15, 0.2) is 29.2 Å². The molecule has 2 aromatic rings. The van der Waals surface area contributed by atoms with Crippen LogP contribution < -0.4 is 11.3 Å². The summed E-state index contributed by atoms with van der Waals surface area (Å²) < 4.78 is 1.84. The summed E-state index contributed by atoms with van der Waals surface area (Å²) in [7, 11) is 0. The zero-order chi connectivity index (χ0) is 12.0. The van der Waals surface area contributed by atoms with Gasteiger partial charge in [-0.3, -0.25) is 4.79 Å². The van der Waals surface area contributed by atoms with E-state index in [9.17, 15) is 4.79 Å². The van der Waals surface area contributed by atoms with Gasteiger partial charge in [0.2, 0.25) is 0 Å². The lowest BCUT2D eigenvalue weighted by Gasteiger charge is -2.10. The lowest BCUT2D eigenvalue weighted by molar-refractivity contribution is 0.609. The molecule has 1 aromatic carbocycles. The van der Waals surface area contributed by atoms with Crippen LogP contribution in [-0.2, 0) is 6.54 Å². The molecule has 3 nitrogen and oxygen atoms in total. The number of benzene rings is 1. The van der Waals surface area contributed by atoms with Crippen molar-refractivity contribution in [2.45, 2.75) is 26.3 Å². The topological polar surface area (TPSA) is 48.0 Å². The van der Waals surface area contributed by atoms with Crippen molar-refractivity contribution in [2.75, 3.05) is 5.73 Å². The Morgan fingerprint density at radius 1 is 1.41 bits per heavy atom. The van der Waals surface area contributed by atoms with Gasteiger partial charge in [0, 0.05) is 29.2 Å². The molecule has 2 N–H and O–H groups in total. The molecular weight excluding hydrogens is 212 g/mol. The second-order valence-corrected chi connectivity index (χ2v) is 4.98. The number of hydrogen-bond acceptors (Lipinski definition) is 2. The van der Waals surface area contributed by atoms with Gasteiger partial charge in [0.1, 0.15) is 0 Å². The first-order chi connectivity index (χ1) is 8.16. The van der Waals surface area contributed by atoms with E-state index in [0.29, 0.717) is 11.6 Å². The highest BCUT2D eigenvalue weighted by atomic mass is 16.1. The van der Waals surface area contributed by atoms with Gasteiger partial charge < -0.3 is 10.3 Å². The molecule has 1 heterocycles. The summed E-state index contributed by atoms with van der Waals surface area (Å²) in [5.74, 6) is 0.700. The summed E-state index contributed by atoms with van der Waals surface area (Å²) in [4.78, 5) is 12.3. The fourth-order valence-electron chi connectivity index (χ4n) is 2.41. The molecule has 0 spiro atoms. The second-order valence-electron chi connectivity index (χ2n) is 4.98. The minimum Gasteiger partial charge on any atom is -0.398 e. The molecule has 0 radical (unpaired) electrons. The largest absolute Gasteiger partial charge is 0.398 e. The van der Waals surface area contributed by atoms with E-state index < -0.39 is 0 Å². The summed E-state index contributed by atoms with van der Waals surface area (Å²) in [6, 6.07) is 5.56. The molecule has 1 aromatic heterocycles. The van der Waals surface area contributed by atoms with E-state index in [4.69, 9.17) is 5.73 Å². The van der Waals surface area contributed by atoms with Gasteiger partial charge in [-0.1, -0.05) is 6.07 Å². The van der Waals surface area contributed by atoms with Crippen molar-refractivity contribution >= 4 is 16.5 Å². The van der Waals surface area contributed by atoms with Gasteiger partial charge in [-0.2, -0.15) is 0 Å². The standard InChI is InChI=1S/C14H16N2O/c1-9-7-16(8-10-5-6-10)14(17)11-3-2-4-12(15)13(9)11/h2-4,7,10H,5-6,8,15H2,1H3. The molecule has 0 bridgehead atoms. The molecule has 1 fully saturated rings. The number of fused-ring (bicyclic) bond motifs is 1. The third-order valence-electron chi connectivity index (χ3n) is 3.48. The van der Waals surface area contributed by atoms with E-state index in [1.165, 1.54) is 12.8 Å². The molecule has 0 atom stereocenters. The Hall–Kier alpha value is -1.77. The van der Waals surface area contributed by atoms with Crippen LogP contribution in [0.2, 0.25) is 0 Å². The first kappa shape index (κ1) is 10.4. The molecule has 1 saturated carbocycles. The van der Waals surface area contributed by atoms with E-state index in [1.54, 1.807) is 0 Å². The Morgan fingerprint density at radius 3 is 2.88 bits per heavy atom. The summed E-state index contributed by atoms with van der Waals surface area (Å²) >= 11 is 0. The highest BCUT2D eigenvalue weighted by molar-refractivity contribution is 5.94. The SMILES string of the molecule is Cc1cn(CC2CC2)c(=O)c2cccc(N)c12. The first-order valence-corrected chi connectivity index (χ1v) is 6.05. The summed E-state index contributed by atoms with van der Waals surface area (Å²) in [5, 5.41) is 1.65. The van der Waals surface area contributed by atoms with E-state index in [0.717, 1.165) is 22.9 Å². The Bertz CT molecular complexity index is 638. The van der Waals surface area contributed by atoms with Gasteiger partial charge in [0.25, 0.3) is 5.56 Å². The van der Waals surface area contributed by atoms with Crippen LogP contribution >= 0.6 is 0 Å². The van der Waals surface area contributed by atoms with Crippen molar-refractivity contribution in [1.82, 2.24) is 4.57 Å². The lowest BCUT2D eigenvalue weighted by Crippen LogP contribution is -2.21.